The van der Waals surface area contributed by atoms with Crippen LogP contribution in [-0.4, -0.2) is 30.0 Å². The van der Waals surface area contributed by atoms with Crippen molar-refractivity contribution in [2.45, 2.75) is 37.3 Å². The quantitative estimate of drug-likeness (QED) is 0.765. The van der Waals surface area contributed by atoms with Crippen molar-refractivity contribution < 1.29 is 8.42 Å². The van der Waals surface area contributed by atoms with Crippen molar-refractivity contribution in [3.8, 4) is 0 Å². The summed E-state index contributed by atoms with van der Waals surface area (Å²) in [5, 5.41) is 6.11. The van der Waals surface area contributed by atoms with Gasteiger partial charge in [0.2, 0.25) is 0 Å². The van der Waals surface area contributed by atoms with Crippen LogP contribution < -0.4 is 4.72 Å². The van der Waals surface area contributed by atoms with Gasteiger partial charge in [-0.05, 0) is 18.9 Å². The Morgan fingerprint density at radius 1 is 1.50 bits per heavy atom. The molecular weight excluding hydrogens is 250 g/mol. The van der Waals surface area contributed by atoms with Crippen LogP contribution >= 0.6 is 11.6 Å². The highest BCUT2D eigenvalue weighted by Crippen LogP contribution is 2.20. The van der Waals surface area contributed by atoms with E-state index in [9.17, 15) is 8.42 Å². The molecule has 0 aliphatic rings. The molecule has 0 bridgehead atoms. The highest BCUT2D eigenvalue weighted by Gasteiger charge is 2.31. The second kappa shape index (κ2) is 5.16. The van der Waals surface area contributed by atoms with E-state index in [4.69, 9.17) is 11.6 Å². The molecule has 0 amide bonds. The van der Waals surface area contributed by atoms with Gasteiger partial charge in [-0.3, -0.25) is 5.10 Å². The molecule has 0 spiro atoms. The Morgan fingerprint density at radius 2 is 2.12 bits per heavy atom. The van der Waals surface area contributed by atoms with Gasteiger partial charge in [-0.2, -0.15) is 5.10 Å². The average Bonchev–Trinajstić information content (AvgIpc) is 2.80. The summed E-state index contributed by atoms with van der Waals surface area (Å²) in [7, 11) is -3.56. The van der Waals surface area contributed by atoms with E-state index >= 15 is 0 Å². The van der Waals surface area contributed by atoms with Crippen molar-refractivity contribution in [1.82, 2.24) is 14.9 Å². The second-order valence-corrected chi connectivity index (χ2v) is 5.57. The van der Waals surface area contributed by atoms with Gasteiger partial charge in [0.05, 0.1) is 6.20 Å². The maximum absolute atomic E-state index is 11.9. The molecule has 0 fully saturated rings. The van der Waals surface area contributed by atoms with Crippen LogP contribution in [0.1, 0.15) is 26.7 Å². The number of nitrogens with one attached hydrogen (secondary N) is 2. The third-order valence-corrected chi connectivity index (χ3v) is 4.74. The first-order valence-corrected chi connectivity index (χ1v) is 7.11. The van der Waals surface area contributed by atoms with Gasteiger partial charge in [-0.1, -0.05) is 13.8 Å². The van der Waals surface area contributed by atoms with E-state index in [2.05, 4.69) is 14.9 Å². The maximum Gasteiger partial charge on any atom is 0.258 e. The van der Waals surface area contributed by atoms with Crippen molar-refractivity contribution in [3.63, 3.8) is 0 Å². The second-order valence-electron chi connectivity index (χ2n) is 3.65. The van der Waals surface area contributed by atoms with Crippen LogP contribution in [0, 0.1) is 0 Å². The van der Waals surface area contributed by atoms with E-state index in [1.165, 1.54) is 12.3 Å². The number of aromatic amines is 1. The lowest BCUT2D eigenvalue weighted by Gasteiger charge is -2.29. The standard InChI is InChI=1S/C9H16ClN3O2S/c1-3-9(4-2,7-10)13-16(14,15)8-5-6-11-12-8/h5-6,13H,3-4,7H2,1-2H3,(H,11,12). The lowest BCUT2D eigenvalue weighted by atomic mass is 9.97. The van der Waals surface area contributed by atoms with E-state index in [0.717, 1.165) is 0 Å². The Kier molecular flexibility index (Phi) is 4.35. The Labute approximate surface area is 101 Å². The molecule has 0 saturated heterocycles. The van der Waals surface area contributed by atoms with Crippen LogP contribution in [0.5, 0.6) is 0 Å². The SMILES string of the molecule is CCC(CC)(CCl)NS(=O)(=O)c1ccn[nH]1. The summed E-state index contributed by atoms with van der Waals surface area (Å²) in [4.78, 5) is 0. The van der Waals surface area contributed by atoms with E-state index < -0.39 is 15.6 Å². The minimum atomic E-state index is -3.56. The fourth-order valence-corrected chi connectivity index (χ4v) is 3.32. The Balaban J connectivity index is 2.96. The number of nitrogens with zero attached hydrogens (tertiary/aromatic N) is 1. The summed E-state index contributed by atoms with van der Waals surface area (Å²) in [6.07, 6.45) is 2.68. The molecule has 0 radical (unpaired) electrons. The third-order valence-electron chi connectivity index (χ3n) is 2.72. The first-order valence-electron chi connectivity index (χ1n) is 5.09. The van der Waals surface area contributed by atoms with E-state index in [-0.39, 0.29) is 10.9 Å². The highest BCUT2D eigenvalue weighted by molar-refractivity contribution is 7.89. The predicted molar refractivity (Wildman–Crippen MR) is 62.9 cm³/mol. The van der Waals surface area contributed by atoms with Crippen LogP contribution in [0.15, 0.2) is 17.3 Å². The number of hydrogen-bond donors (Lipinski definition) is 2. The number of rotatable bonds is 6. The Morgan fingerprint density at radius 3 is 2.50 bits per heavy atom. The summed E-state index contributed by atoms with van der Waals surface area (Å²) in [5.41, 5.74) is -0.592. The molecule has 1 heterocycles. The molecule has 16 heavy (non-hydrogen) atoms. The molecule has 0 aliphatic carbocycles. The number of halogens is 1. The molecule has 0 saturated carbocycles. The maximum atomic E-state index is 11.9. The molecule has 5 nitrogen and oxygen atoms in total. The monoisotopic (exact) mass is 265 g/mol. The normalized spacial score (nSPS) is 12.9. The fourth-order valence-electron chi connectivity index (χ4n) is 1.34. The molecule has 1 aromatic rings. The summed E-state index contributed by atoms with van der Waals surface area (Å²) in [5.74, 6) is 0.243. The highest BCUT2D eigenvalue weighted by atomic mass is 35.5. The molecule has 92 valence electrons. The number of alkyl halides is 1. The topological polar surface area (TPSA) is 74.8 Å². The van der Waals surface area contributed by atoms with Gasteiger partial charge in [-0.25, -0.2) is 13.1 Å². The van der Waals surface area contributed by atoms with E-state index in [1.807, 2.05) is 13.8 Å². The van der Waals surface area contributed by atoms with Crippen LogP contribution in [0.4, 0.5) is 0 Å². The minimum absolute atomic E-state index is 0.0592. The lowest BCUT2D eigenvalue weighted by molar-refractivity contribution is 0.393. The fraction of sp³-hybridized carbons (Fsp3) is 0.667. The number of hydrogen-bond acceptors (Lipinski definition) is 3. The zero-order valence-electron chi connectivity index (χ0n) is 9.33. The molecule has 1 rings (SSSR count). The van der Waals surface area contributed by atoms with Crippen molar-refractivity contribution >= 4 is 21.6 Å². The first-order chi connectivity index (χ1) is 7.49. The zero-order valence-corrected chi connectivity index (χ0v) is 10.9. The van der Waals surface area contributed by atoms with Crippen LogP contribution in [0.2, 0.25) is 0 Å². The number of H-pyrrole nitrogens is 1. The third kappa shape index (κ3) is 2.75. The Bertz CT molecular complexity index is 404. The molecule has 0 aromatic carbocycles. The zero-order chi connectivity index (χ0) is 12.2. The molecule has 2 N–H and O–H groups in total. The van der Waals surface area contributed by atoms with Crippen molar-refractivity contribution in [1.29, 1.82) is 0 Å². The van der Waals surface area contributed by atoms with Crippen LogP contribution in [0.3, 0.4) is 0 Å². The lowest BCUT2D eigenvalue weighted by Crippen LogP contribution is -2.49. The summed E-state index contributed by atoms with van der Waals surface area (Å²) < 4.78 is 26.5. The van der Waals surface area contributed by atoms with Gasteiger partial charge in [0.15, 0.2) is 5.03 Å². The van der Waals surface area contributed by atoms with Gasteiger partial charge < -0.3 is 0 Å². The van der Waals surface area contributed by atoms with Crippen molar-refractivity contribution in [3.05, 3.63) is 12.3 Å². The van der Waals surface area contributed by atoms with Crippen LogP contribution in [0.25, 0.3) is 0 Å². The van der Waals surface area contributed by atoms with Crippen LogP contribution in [-0.2, 0) is 10.0 Å². The summed E-state index contributed by atoms with van der Waals surface area (Å²) in [6, 6.07) is 1.41. The van der Waals surface area contributed by atoms with E-state index in [1.54, 1.807) is 0 Å². The van der Waals surface area contributed by atoms with Gasteiger partial charge in [-0.15, -0.1) is 11.6 Å². The molecule has 0 unspecified atom stereocenters. The first kappa shape index (κ1) is 13.5. The predicted octanol–water partition coefficient (Wildman–Crippen LogP) is 1.49. The molecular formula is C9H16ClN3O2S. The molecule has 1 aromatic heterocycles. The van der Waals surface area contributed by atoms with Gasteiger partial charge in [0.1, 0.15) is 0 Å². The summed E-state index contributed by atoms with van der Waals surface area (Å²) >= 11 is 5.84. The average molecular weight is 266 g/mol. The molecule has 0 atom stereocenters. The molecule has 0 aliphatic heterocycles. The smallest absolute Gasteiger partial charge is 0.258 e. The van der Waals surface area contributed by atoms with E-state index in [0.29, 0.717) is 12.8 Å². The van der Waals surface area contributed by atoms with Gasteiger partial charge in [0, 0.05) is 11.4 Å². The Hall–Kier alpha value is -0.590. The summed E-state index contributed by atoms with van der Waals surface area (Å²) in [6.45, 7) is 3.81. The number of sulfonamides is 1. The van der Waals surface area contributed by atoms with Gasteiger partial charge >= 0.3 is 0 Å². The van der Waals surface area contributed by atoms with Gasteiger partial charge in [0.25, 0.3) is 10.0 Å². The minimum Gasteiger partial charge on any atom is -0.266 e. The van der Waals surface area contributed by atoms with Crippen molar-refractivity contribution in [2.75, 3.05) is 5.88 Å². The number of aromatic nitrogens is 2. The largest absolute Gasteiger partial charge is 0.266 e. The van der Waals surface area contributed by atoms with Crippen molar-refractivity contribution in [2.24, 2.45) is 0 Å². The molecule has 7 heteroatoms.